The number of hydrogen-bond acceptors (Lipinski definition) is 5. The molecule has 0 aromatic heterocycles. The highest BCUT2D eigenvalue weighted by Gasteiger charge is 2.64. The van der Waals surface area contributed by atoms with Gasteiger partial charge in [-0.25, -0.2) is 24.0 Å². The minimum absolute atomic E-state index is 0.0810. The summed E-state index contributed by atoms with van der Waals surface area (Å²) in [7, 11) is 0. The van der Waals surface area contributed by atoms with E-state index in [1.807, 2.05) is 6.92 Å². The number of cyclic esters (lactones) is 1. The van der Waals surface area contributed by atoms with Gasteiger partial charge in [-0.1, -0.05) is 6.08 Å². The smallest absolute Gasteiger partial charge is 0.430 e. The molecule has 2 saturated heterocycles. The fraction of sp³-hybridized carbons (Fsp3) is 0.524. The number of amides is 2. The van der Waals surface area contributed by atoms with E-state index in [2.05, 4.69) is 11.4 Å². The van der Waals surface area contributed by atoms with Crippen molar-refractivity contribution in [1.82, 2.24) is 10.0 Å². The summed E-state index contributed by atoms with van der Waals surface area (Å²) in [6.45, 7) is 7.59. The normalized spacial score (nSPS) is 32.0. The number of ether oxygens (including phenoxy) is 2. The minimum Gasteiger partial charge on any atom is -0.448 e. The molecule has 1 N–H and O–H groups in total. The molecule has 5 rings (SSSR count). The van der Waals surface area contributed by atoms with Crippen molar-refractivity contribution in [2.75, 3.05) is 11.9 Å². The lowest BCUT2D eigenvalue weighted by molar-refractivity contribution is -0.0847. The molecule has 0 unspecified atom stereocenters. The number of hydrogen-bond donors (Lipinski definition) is 1. The summed E-state index contributed by atoms with van der Waals surface area (Å²) in [5.41, 5.74) is 1.29. The van der Waals surface area contributed by atoms with Gasteiger partial charge in [0.25, 0.3) is 0 Å². The Kier molecular flexibility index (Phi) is 3.56. The second-order valence-electron chi connectivity index (χ2n) is 9.27. The third kappa shape index (κ3) is 2.47. The van der Waals surface area contributed by atoms with Crippen molar-refractivity contribution in [1.29, 1.82) is 0 Å². The first-order chi connectivity index (χ1) is 13.6. The molecule has 29 heavy (non-hydrogen) atoms. The van der Waals surface area contributed by atoms with Gasteiger partial charge < -0.3 is 14.8 Å². The Hall–Kier alpha value is -2.77. The van der Waals surface area contributed by atoms with E-state index in [0.29, 0.717) is 6.42 Å². The Morgan fingerprint density at radius 3 is 2.86 bits per heavy atom. The lowest BCUT2D eigenvalue weighted by Gasteiger charge is -2.42. The molecule has 0 radical (unpaired) electrons. The molecule has 1 aromatic rings. The predicted molar refractivity (Wildman–Crippen MR) is 103 cm³/mol. The third-order valence-corrected chi connectivity index (χ3v) is 6.24. The molecule has 4 aliphatic rings. The van der Waals surface area contributed by atoms with E-state index in [1.165, 1.54) is 22.2 Å². The topological polar surface area (TPSA) is 71.1 Å². The number of nitrogens with one attached hydrogen (secondary N) is 1. The number of hydrazine groups is 1. The Morgan fingerprint density at radius 1 is 1.38 bits per heavy atom. The van der Waals surface area contributed by atoms with Crippen LogP contribution in [-0.4, -0.2) is 52.0 Å². The molecule has 0 spiro atoms. The van der Waals surface area contributed by atoms with Crippen LogP contribution < -0.4 is 5.32 Å². The minimum atomic E-state index is -0.715. The standard InChI is InChI=1S/C21H24FN3O4/c1-20(2,3)29-18(26)24-17-14(21(4)7-8-28-19(27)25(21)24)10-13-12-9-11(22)5-6-15(12)23-16(13)17/h5-6,9-10,13,16-17,23H,7-8H2,1-4H3/t13-,16+,17+,21-/m1/s1. The Bertz CT molecular complexity index is 956. The van der Waals surface area contributed by atoms with E-state index in [4.69, 9.17) is 9.47 Å². The number of benzene rings is 1. The van der Waals surface area contributed by atoms with Crippen molar-refractivity contribution >= 4 is 17.9 Å². The van der Waals surface area contributed by atoms with Crippen LogP contribution in [0.2, 0.25) is 0 Å². The molecular weight excluding hydrogens is 377 g/mol. The maximum Gasteiger partial charge on any atom is 0.430 e. The first kappa shape index (κ1) is 18.3. The summed E-state index contributed by atoms with van der Waals surface area (Å²) >= 11 is 0. The van der Waals surface area contributed by atoms with Gasteiger partial charge in [0.05, 0.1) is 18.2 Å². The second kappa shape index (κ2) is 5.64. The summed E-state index contributed by atoms with van der Waals surface area (Å²) in [5, 5.41) is 6.24. The summed E-state index contributed by atoms with van der Waals surface area (Å²) in [6.07, 6.45) is 1.50. The molecule has 8 heteroatoms. The van der Waals surface area contributed by atoms with Crippen LogP contribution in [0.4, 0.5) is 19.7 Å². The SMILES string of the molecule is CC(C)(C)OC(=O)N1[C@H]2C(=C[C@@H]3c4cc(F)ccc4N[C@@H]32)[C@@]2(C)CCOC(=O)N12. The van der Waals surface area contributed by atoms with Crippen LogP contribution in [0.25, 0.3) is 0 Å². The summed E-state index contributed by atoms with van der Waals surface area (Å²) in [5.74, 6) is -0.373. The van der Waals surface area contributed by atoms with Gasteiger partial charge in [-0.2, -0.15) is 0 Å². The highest BCUT2D eigenvalue weighted by atomic mass is 19.1. The molecule has 0 saturated carbocycles. The van der Waals surface area contributed by atoms with Crippen LogP contribution in [0, 0.1) is 5.82 Å². The maximum atomic E-state index is 13.9. The maximum absolute atomic E-state index is 13.9. The molecule has 4 atom stereocenters. The summed E-state index contributed by atoms with van der Waals surface area (Å²) in [4.78, 5) is 25.9. The van der Waals surface area contributed by atoms with Crippen molar-refractivity contribution in [3.63, 3.8) is 0 Å². The quantitative estimate of drug-likeness (QED) is 0.670. The van der Waals surface area contributed by atoms with E-state index >= 15 is 0 Å². The Balaban J connectivity index is 1.61. The van der Waals surface area contributed by atoms with Crippen LogP contribution in [0.3, 0.4) is 0 Å². The average Bonchev–Trinajstić information content (AvgIpc) is 3.21. The molecule has 3 heterocycles. The molecule has 1 aliphatic carbocycles. The highest BCUT2D eigenvalue weighted by molar-refractivity contribution is 5.80. The first-order valence-corrected chi connectivity index (χ1v) is 9.87. The zero-order chi connectivity index (χ0) is 20.7. The highest BCUT2D eigenvalue weighted by Crippen LogP contribution is 2.55. The van der Waals surface area contributed by atoms with Gasteiger partial charge in [-0.15, -0.1) is 0 Å². The molecule has 1 aromatic carbocycles. The Morgan fingerprint density at radius 2 is 2.14 bits per heavy atom. The van der Waals surface area contributed by atoms with Gasteiger partial charge in [-0.05, 0) is 57.0 Å². The van der Waals surface area contributed by atoms with Crippen molar-refractivity contribution in [2.24, 2.45) is 0 Å². The second-order valence-corrected chi connectivity index (χ2v) is 9.27. The molecule has 2 fully saturated rings. The number of rotatable bonds is 0. The molecule has 3 aliphatic heterocycles. The lowest BCUT2D eigenvalue weighted by Crippen LogP contribution is -2.60. The molecule has 7 nitrogen and oxygen atoms in total. The van der Waals surface area contributed by atoms with E-state index < -0.39 is 29.4 Å². The van der Waals surface area contributed by atoms with Gasteiger partial charge in [0.15, 0.2) is 0 Å². The van der Waals surface area contributed by atoms with E-state index in [1.54, 1.807) is 26.8 Å². The number of nitrogens with zero attached hydrogens (tertiary/aromatic N) is 2. The largest absolute Gasteiger partial charge is 0.448 e. The molecule has 0 bridgehead atoms. The van der Waals surface area contributed by atoms with Crippen molar-refractivity contribution < 1.29 is 23.5 Å². The van der Waals surface area contributed by atoms with E-state index in [-0.39, 0.29) is 24.4 Å². The molecule has 154 valence electrons. The van der Waals surface area contributed by atoms with Crippen molar-refractivity contribution in [2.45, 2.75) is 63.3 Å². The van der Waals surface area contributed by atoms with Gasteiger partial charge >= 0.3 is 12.2 Å². The van der Waals surface area contributed by atoms with E-state index in [0.717, 1.165) is 16.8 Å². The number of fused-ring (bicyclic) bond motifs is 7. The van der Waals surface area contributed by atoms with Gasteiger partial charge in [0, 0.05) is 18.0 Å². The molecule has 2 amide bonds. The summed E-state index contributed by atoms with van der Waals surface area (Å²) in [6, 6.07) is 4.05. The number of carbonyl (C=O) groups is 2. The van der Waals surface area contributed by atoms with Gasteiger partial charge in [0.1, 0.15) is 17.5 Å². The number of anilines is 1. The van der Waals surface area contributed by atoms with Crippen LogP contribution >= 0.6 is 0 Å². The monoisotopic (exact) mass is 401 g/mol. The van der Waals surface area contributed by atoms with E-state index in [9.17, 15) is 14.0 Å². The van der Waals surface area contributed by atoms with Crippen LogP contribution in [0.5, 0.6) is 0 Å². The number of halogens is 1. The van der Waals surface area contributed by atoms with Gasteiger partial charge in [-0.3, -0.25) is 0 Å². The van der Waals surface area contributed by atoms with Gasteiger partial charge in [0.2, 0.25) is 0 Å². The lowest BCUT2D eigenvalue weighted by atomic mass is 9.86. The first-order valence-electron chi connectivity index (χ1n) is 9.87. The van der Waals surface area contributed by atoms with Crippen molar-refractivity contribution in [3.8, 4) is 0 Å². The van der Waals surface area contributed by atoms with Crippen molar-refractivity contribution in [3.05, 3.63) is 41.2 Å². The van der Waals surface area contributed by atoms with Crippen LogP contribution in [0.15, 0.2) is 29.8 Å². The number of carbonyl (C=O) groups excluding carboxylic acids is 2. The summed E-state index contributed by atoms with van der Waals surface area (Å²) < 4.78 is 24.8. The zero-order valence-electron chi connectivity index (χ0n) is 16.9. The average molecular weight is 401 g/mol. The predicted octanol–water partition coefficient (Wildman–Crippen LogP) is 3.78. The zero-order valence-corrected chi connectivity index (χ0v) is 16.9. The van der Waals surface area contributed by atoms with Crippen LogP contribution in [-0.2, 0) is 9.47 Å². The molecular formula is C21H24FN3O4. The fourth-order valence-electron chi connectivity index (χ4n) is 5.07. The fourth-order valence-corrected chi connectivity index (χ4v) is 5.07. The Labute approximate surface area is 168 Å². The van der Waals surface area contributed by atoms with Crippen LogP contribution in [0.1, 0.15) is 45.6 Å². The third-order valence-electron chi connectivity index (χ3n) is 6.24.